The molecule has 0 aromatic carbocycles. The molecule has 0 radical (unpaired) electrons. The van der Waals surface area contributed by atoms with Gasteiger partial charge in [0.05, 0.1) is 6.10 Å². The van der Waals surface area contributed by atoms with Crippen LogP contribution in [-0.2, 0) is 9.53 Å². The van der Waals surface area contributed by atoms with E-state index in [4.69, 9.17) is 4.74 Å². The maximum atomic E-state index is 11.9. The van der Waals surface area contributed by atoms with E-state index >= 15 is 0 Å². The molecule has 1 saturated heterocycles. The molecule has 0 spiro atoms. The molecule has 3 unspecified atom stereocenters. The van der Waals surface area contributed by atoms with Gasteiger partial charge in [0, 0.05) is 50.0 Å². The van der Waals surface area contributed by atoms with Crippen molar-refractivity contribution in [1.29, 1.82) is 0 Å². The lowest BCUT2D eigenvalue weighted by Crippen LogP contribution is -2.66. The Kier molecular flexibility index (Phi) is 4.51. The topological polar surface area (TPSA) is 41.6 Å². The molecule has 2 fully saturated rings. The van der Waals surface area contributed by atoms with E-state index in [-0.39, 0.29) is 11.3 Å². The summed E-state index contributed by atoms with van der Waals surface area (Å²) in [4.78, 5) is 13.8. The standard InChI is InChI=1S/C15H28N2O2/c1-5-17(6-2)12(18)7-9-16-13-11-8-10-19-14(11)15(13,3)4/h11,13-14,16H,5-10H2,1-4H3. The van der Waals surface area contributed by atoms with Crippen molar-refractivity contribution in [2.24, 2.45) is 11.3 Å². The number of hydrogen-bond donors (Lipinski definition) is 1. The predicted molar refractivity (Wildman–Crippen MR) is 76.0 cm³/mol. The second-order valence-corrected chi connectivity index (χ2v) is 6.31. The lowest BCUT2D eigenvalue weighted by molar-refractivity contribution is -0.131. The van der Waals surface area contributed by atoms with Crippen molar-refractivity contribution in [3.63, 3.8) is 0 Å². The summed E-state index contributed by atoms with van der Waals surface area (Å²) in [6.07, 6.45) is 2.19. The molecule has 1 aliphatic heterocycles. The molecule has 4 heteroatoms. The van der Waals surface area contributed by atoms with Crippen molar-refractivity contribution in [3.8, 4) is 0 Å². The summed E-state index contributed by atoms with van der Waals surface area (Å²) in [5.74, 6) is 0.910. The molecule has 19 heavy (non-hydrogen) atoms. The minimum atomic E-state index is 0.208. The summed E-state index contributed by atoms with van der Waals surface area (Å²) in [5, 5.41) is 3.59. The number of carbonyl (C=O) groups is 1. The number of fused-ring (bicyclic) bond motifs is 1. The summed E-state index contributed by atoms with van der Waals surface area (Å²) in [6.45, 7) is 11.9. The Bertz CT molecular complexity index is 326. The van der Waals surface area contributed by atoms with E-state index in [1.807, 2.05) is 18.7 Å². The highest BCUT2D eigenvalue weighted by atomic mass is 16.5. The lowest BCUT2D eigenvalue weighted by Gasteiger charge is -2.55. The molecular formula is C15H28N2O2. The van der Waals surface area contributed by atoms with E-state index in [9.17, 15) is 4.79 Å². The number of ether oxygens (including phenoxy) is 1. The van der Waals surface area contributed by atoms with Gasteiger partial charge >= 0.3 is 0 Å². The van der Waals surface area contributed by atoms with E-state index in [0.29, 0.717) is 24.5 Å². The van der Waals surface area contributed by atoms with Gasteiger partial charge in [-0.05, 0) is 20.3 Å². The van der Waals surface area contributed by atoms with Crippen molar-refractivity contribution < 1.29 is 9.53 Å². The van der Waals surface area contributed by atoms with Crippen LogP contribution >= 0.6 is 0 Å². The summed E-state index contributed by atoms with van der Waals surface area (Å²) >= 11 is 0. The third kappa shape index (κ3) is 2.65. The molecular weight excluding hydrogens is 240 g/mol. The molecule has 2 aliphatic rings. The molecule has 1 heterocycles. The fraction of sp³-hybridized carbons (Fsp3) is 0.933. The van der Waals surface area contributed by atoms with E-state index in [2.05, 4.69) is 19.2 Å². The van der Waals surface area contributed by atoms with E-state index in [1.54, 1.807) is 0 Å². The normalized spacial score (nSPS) is 31.7. The maximum Gasteiger partial charge on any atom is 0.223 e. The first-order valence-electron chi connectivity index (χ1n) is 7.65. The molecule has 1 amide bonds. The van der Waals surface area contributed by atoms with Crippen LogP contribution < -0.4 is 5.32 Å². The third-order valence-electron chi connectivity index (χ3n) is 4.92. The molecule has 1 aliphatic carbocycles. The molecule has 110 valence electrons. The molecule has 0 bridgehead atoms. The van der Waals surface area contributed by atoms with Crippen LogP contribution in [0.1, 0.15) is 40.5 Å². The molecule has 1 N–H and O–H groups in total. The van der Waals surface area contributed by atoms with Gasteiger partial charge in [-0.15, -0.1) is 0 Å². The van der Waals surface area contributed by atoms with Gasteiger partial charge in [0.2, 0.25) is 5.91 Å². The summed E-state index contributed by atoms with van der Waals surface area (Å²) < 4.78 is 5.78. The molecule has 0 aromatic rings. The van der Waals surface area contributed by atoms with Crippen LogP contribution in [-0.4, -0.2) is 49.2 Å². The Morgan fingerprint density at radius 2 is 2.05 bits per heavy atom. The fourth-order valence-corrected chi connectivity index (χ4v) is 3.81. The maximum absolute atomic E-state index is 11.9. The second kappa shape index (κ2) is 5.80. The minimum absolute atomic E-state index is 0.208. The van der Waals surface area contributed by atoms with Gasteiger partial charge < -0.3 is 15.0 Å². The number of carbonyl (C=O) groups excluding carboxylic acids is 1. The highest BCUT2D eigenvalue weighted by Gasteiger charge is 2.58. The van der Waals surface area contributed by atoms with Crippen molar-refractivity contribution >= 4 is 5.91 Å². The van der Waals surface area contributed by atoms with Crippen molar-refractivity contribution in [2.75, 3.05) is 26.2 Å². The first kappa shape index (κ1) is 14.8. The largest absolute Gasteiger partial charge is 0.377 e. The van der Waals surface area contributed by atoms with Gasteiger partial charge in [-0.25, -0.2) is 0 Å². The van der Waals surface area contributed by atoms with Crippen molar-refractivity contribution in [1.82, 2.24) is 10.2 Å². The molecule has 2 rings (SSSR count). The average Bonchev–Trinajstić information content (AvgIpc) is 2.82. The molecule has 1 saturated carbocycles. The quantitative estimate of drug-likeness (QED) is 0.796. The first-order valence-corrected chi connectivity index (χ1v) is 7.65. The Labute approximate surface area is 116 Å². The van der Waals surface area contributed by atoms with Gasteiger partial charge in [-0.2, -0.15) is 0 Å². The van der Waals surface area contributed by atoms with Gasteiger partial charge in [0.15, 0.2) is 0 Å². The Morgan fingerprint density at radius 1 is 1.37 bits per heavy atom. The zero-order valence-electron chi connectivity index (χ0n) is 12.7. The second-order valence-electron chi connectivity index (χ2n) is 6.31. The van der Waals surface area contributed by atoms with Crippen LogP contribution in [0.2, 0.25) is 0 Å². The Balaban J connectivity index is 1.76. The smallest absolute Gasteiger partial charge is 0.223 e. The molecule has 4 nitrogen and oxygen atoms in total. The van der Waals surface area contributed by atoms with Crippen LogP contribution in [0.15, 0.2) is 0 Å². The lowest BCUT2D eigenvalue weighted by atomic mass is 9.57. The number of hydrogen-bond acceptors (Lipinski definition) is 3. The van der Waals surface area contributed by atoms with Crippen molar-refractivity contribution in [3.05, 3.63) is 0 Å². The summed E-state index contributed by atoms with van der Waals surface area (Å²) in [6, 6.07) is 0.504. The first-order chi connectivity index (χ1) is 9.02. The van der Waals surface area contributed by atoms with Crippen LogP contribution in [0.25, 0.3) is 0 Å². The van der Waals surface area contributed by atoms with Gasteiger partial charge in [0.1, 0.15) is 0 Å². The summed E-state index contributed by atoms with van der Waals surface area (Å²) in [5.41, 5.74) is 0.208. The van der Waals surface area contributed by atoms with Crippen LogP contribution in [0, 0.1) is 11.3 Å². The summed E-state index contributed by atoms with van der Waals surface area (Å²) in [7, 11) is 0. The Morgan fingerprint density at radius 3 is 2.68 bits per heavy atom. The van der Waals surface area contributed by atoms with Gasteiger partial charge in [0.25, 0.3) is 0 Å². The number of amides is 1. The average molecular weight is 268 g/mol. The molecule has 3 atom stereocenters. The van der Waals surface area contributed by atoms with Gasteiger partial charge in [-0.3, -0.25) is 4.79 Å². The number of nitrogens with zero attached hydrogens (tertiary/aromatic N) is 1. The van der Waals surface area contributed by atoms with E-state index < -0.39 is 0 Å². The monoisotopic (exact) mass is 268 g/mol. The van der Waals surface area contributed by atoms with Crippen LogP contribution in [0.4, 0.5) is 0 Å². The zero-order chi connectivity index (χ0) is 14.0. The number of nitrogens with one attached hydrogen (secondary N) is 1. The highest BCUT2D eigenvalue weighted by Crippen LogP contribution is 2.51. The van der Waals surface area contributed by atoms with Gasteiger partial charge in [-0.1, -0.05) is 13.8 Å². The minimum Gasteiger partial charge on any atom is -0.377 e. The Hall–Kier alpha value is -0.610. The highest BCUT2D eigenvalue weighted by molar-refractivity contribution is 5.76. The fourth-order valence-electron chi connectivity index (χ4n) is 3.81. The van der Waals surface area contributed by atoms with Crippen LogP contribution in [0.5, 0.6) is 0 Å². The van der Waals surface area contributed by atoms with E-state index in [0.717, 1.165) is 32.7 Å². The number of rotatable bonds is 6. The van der Waals surface area contributed by atoms with E-state index in [1.165, 1.54) is 0 Å². The zero-order valence-corrected chi connectivity index (χ0v) is 12.7. The van der Waals surface area contributed by atoms with Crippen LogP contribution in [0.3, 0.4) is 0 Å². The third-order valence-corrected chi connectivity index (χ3v) is 4.92. The van der Waals surface area contributed by atoms with Crippen molar-refractivity contribution in [2.45, 2.75) is 52.7 Å². The predicted octanol–water partition coefficient (Wildman–Crippen LogP) is 1.65. The SMILES string of the molecule is CCN(CC)C(=O)CCNC1C2CCOC2C1(C)C. The molecule has 0 aromatic heterocycles.